The van der Waals surface area contributed by atoms with E-state index in [9.17, 15) is 9.18 Å². The van der Waals surface area contributed by atoms with Crippen LogP contribution in [0.4, 0.5) is 26.4 Å². The molecule has 2 heterocycles. The second kappa shape index (κ2) is 9.74. The largest absolute Gasteiger partial charge is 0.378 e. The van der Waals surface area contributed by atoms with E-state index in [1.54, 1.807) is 0 Å². The van der Waals surface area contributed by atoms with E-state index in [0.717, 1.165) is 42.1 Å². The number of benzene rings is 2. The summed E-state index contributed by atoms with van der Waals surface area (Å²) in [6.07, 6.45) is 0.821. The summed E-state index contributed by atoms with van der Waals surface area (Å²) in [5, 5.41) is 5.44. The van der Waals surface area contributed by atoms with Crippen molar-refractivity contribution in [3.8, 4) is 11.4 Å². The maximum absolute atomic E-state index is 13.0. The lowest BCUT2D eigenvalue weighted by molar-refractivity contribution is 0.122. The number of urea groups is 1. The van der Waals surface area contributed by atoms with Crippen molar-refractivity contribution in [3.05, 3.63) is 65.6 Å². The number of morpholine rings is 1. The number of hydrogen-bond acceptors (Lipinski definition) is 5. The van der Waals surface area contributed by atoms with Crippen LogP contribution < -0.4 is 15.5 Å². The summed E-state index contributed by atoms with van der Waals surface area (Å²) >= 11 is 0. The predicted molar refractivity (Wildman–Crippen MR) is 124 cm³/mol. The SMILES string of the molecule is CCc1nc(-c2ccc(NC(=O)Nc3ccc(F)cc3)cc2)nc(N2CCOCC2)c1C. The normalized spacial score (nSPS) is 13.7. The molecule has 2 amide bonds. The molecule has 1 saturated heterocycles. The number of carbonyl (C=O) groups is 1. The molecule has 3 aromatic rings. The second-order valence-corrected chi connectivity index (χ2v) is 7.56. The number of aromatic nitrogens is 2. The maximum Gasteiger partial charge on any atom is 0.323 e. The molecule has 1 fully saturated rings. The molecule has 32 heavy (non-hydrogen) atoms. The number of rotatable bonds is 5. The first-order valence-corrected chi connectivity index (χ1v) is 10.7. The van der Waals surface area contributed by atoms with Crippen LogP contribution in [0, 0.1) is 12.7 Å². The van der Waals surface area contributed by atoms with Crippen molar-refractivity contribution >= 4 is 23.2 Å². The molecule has 8 heteroatoms. The van der Waals surface area contributed by atoms with Gasteiger partial charge in [-0.2, -0.15) is 0 Å². The summed E-state index contributed by atoms with van der Waals surface area (Å²) in [7, 11) is 0. The minimum absolute atomic E-state index is 0.354. The van der Waals surface area contributed by atoms with Crippen LogP contribution in [0.25, 0.3) is 11.4 Å². The van der Waals surface area contributed by atoms with Gasteiger partial charge in [0.05, 0.1) is 13.2 Å². The smallest absolute Gasteiger partial charge is 0.323 e. The van der Waals surface area contributed by atoms with Crippen molar-refractivity contribution in [2.75, 3.05) is 41.8 Å². The van der Waals surface area contributed by atoms with E-state index < -0.39 is 6.03 Å². The first-order chi connectivity index (χ1) is 15.5. The van der Waals surface area contributed by atoms with Crippen LogP contribution in [0.15, 0.2) is 48.5 Å². The van der Waals surface area contributed by atoms with Crippen LogP contribution in [0.2, 0.25) is 0 Å². The van der Waals surface area contributed by atoms with Crippen molar-refractivity contribution in [1.82, 2.24) is 9.97 Å². The summed E-state index contributed by atoms with van der Waals surface area (Å²) < 4.78 is 18.5. The van der Waals surface area contributed by atoms with Crippen LogP contribution in [-0.4, -0.2) is 42.3 Å². The minimum Gasteiger partial charge on any atom is -0.378 e. The number of nitrogens with zero attached hydrogens (tertiary/aromatic N) is 3. The molecule has 0 atom stereocenters. The highest BCUT2D eigenvalue weighted by molar-refractivity contribution is 5.99. The van der Waals surface area contributed by atoms with Crippen LogP contribution in [0.5, 0.6) is 0 Å². The average Bonchev–Trinajstić information content (AvgIpc) is 2.82. The highest BCUT2D eigenvalue weighted by Crippen LogP contribution is 2.26. The molecule has 0 unspecified atom stereocenters. The second-order valence-electron chi connectivity index (χ2n) is 7.56. The van der Waals surface area contributed by atoms with E-state index in [2.05, 4.69) is 29.4 Å². The van der Waals surface area contributed by atoms with Gasteiger partial charge in [-0.1, -0.05) is 6.92 Å². The quantitative estimate of drug-likeness (QED) is 0.611. The fraction of sp³-hybridized carbons (Fsp3) is 0.292. The zero-order valence-corrected chi connectivity index (χ0v) is 18.2. The molecule has 166 valence electrons. The van der Waals surface area contributed by atoms with Gasteiger partial charge in [-0.25, -0.2) is 19.2 Å². The van der Waals surface area contributed by atoms with Crippen molar-refractivity contribution in [3.63, 3.8) is 0 Å². The van der Waals surface area contributed by atoms with Crippen LogP contribution in [-0.2, 0) is 11.2 Å². The summed E-state index contributed by atoms with van der Waals surface area (Å²) in [5.41, 5.74) is 4.14. The van der Waals surface area contributed by atoms with E-state index in [0.29, 0.717) is 30.4 Å². The maximum atomic E-state index is 13.0. The lowest BCUT2D eigenvalue weighted by Gasteiger charge is -2.29. The molecule has 4 rings (SSSR count). The van der Waals surface area contributed by atoms with E-state index in [1.165, 1.54) is 24.3 Å². The summed E-state index contributed by atoms with van der Waals surface area (Å²) in [4.78, 5) is 24.1. The molecule has 0 spiro atoms. The Balaban J connectivity index is 1.50. The minimum atomic E-state index is -0.404. The Morgan fingerprint density at radius 3 is 2.19 bits per heavy atom. The Kier molecular flexibility index (Phi) is 6.61. The van der Waals surface area contributed by atoms with Gasteiger partial charge in [-0.15, -0.1) is 0 Å². The zero-order valence-electron chi connectivity index (χ0n) is 18.2. The molecule has 0 saturated carbocycles. The topological polar surface area (TPSA) is 79.4 Å². The summed E-state index contributed by atoms with van der Waals surface area (Å²) in [5.74, 6) is 1.26. The summed E-state index contributed by atoms with van der Waals surface area (Å²) in [6.45, 7) is 7.18. The van der Waals surface area contributed by atoms with Gasteiger partial charge in [0.1, 0.15) is 11.6 Å². The Morgan fingerprint density at radius 1 is 1.00 bits per heavy atom. The number of hydrogen-bond donors (Lipinski definition) is 2. The monoisotopic (exact) mass is 435 g/mol. The third kappa shape index (κ3) is 5.03. The van der Waals surface area contributed by atoms with Gasteiger partial charge in [-0.05, 0) is 61.9 Å². The fourth-order valence-electron chi connectivity index (χ4n) is 3.64. The number of ether oxygens (including phenoxy) is 1. The molecule has 1 aliphatic rings. The highest BCUT2D eigenvalue weighted by atomic mass is 19.1. The van der Waals surface area contributed by atoms with Gasteiger partial charge >= 0.3 is 6.03 Å². The average molecular weight is 436 g/mol. The first-order valence-electron chi connectivity index (χ1n) is 10.7. The predicted octanol–water partition coefficient (Wildman–Crippen LogP) is 4.63. The van der Waals surface area contributed by atoms with Crippen LogP contribution in [0.3, 0.4) is 0 Å². The van der Waals surface area contributed by atoms with Gasteiger partial charge in [0.15, 0.2) is 5.82 Å². The lowest BCUT2D eigenvalue weighted by atomic mass is 10.1. The number of nitrogens with one attached hydrogen (secondary N) is 2. The number of anilines is 3. The Bertz CT molecular complexity index is 1080. The van der Waals surface area contributed by atoms with Crippen molar-refractivity contribution in [1.29, 1.82) is 0 Å². The van der Waals surface area contributed by atoms with E-state index in [4.69, 9.17) is 14.7 Å². The van der Waals surface area contributed by atoms with Crippen LogP contribution in [0.1, 0.15) is 18.2 Å². The summed E-state index contributed by atoms with van der Waals surface area (Å²) in [6, 6.07) is 12.6. The van der Waals surface area contributed by atoms with E-state index in [1.807, 2.05) is 24.3 Å². The van der Waals surface area contributed by atoms with E-state index in [-0.39, 0.29) is 5.82 Å². The standard InChI is InChI=1S/C24H26FN5O2/c1-3-21-16(2)23(30-12-14-32-15-13-30)29-22(28-21)17-4-8-19(9-5-17)26-24(31)27-20-10-6-18(25)7-11-20/h4-11H,3,12-15H2,1-2H3,(H2,26,27,31). The molecule has 2 aromatic carbocycles. The van der Waals surface area contributed by atoms with Gasteiger partial charge in [0.25, 0.3) is 0 Å². The molecule has 1 aliphatic heterocycles. The van der Waals surface area contributed by atoms with Crippen LogP contribution >= 0.6 is 0 Å². The molecule has 0 aliphatic carbocycles. The van der Waals surface area contributed by atoms with Gasteiger partial charge in [0.2, 0.25) is 0 Å². The van der Waals surface area contributed by atoms with Gasteiger partial charge < -0.3 is 20.3 Å². The first kappa shape index (κ1) is 21.7. The number of halogens is 1. The number of carbonyl (C=O) groups excluding carboxylic acids is 1. The highest BCUT2D eigenvalue weighted by Gasteiger charge is 2.19. The molecule has 0 radical (unpaired) electrons. The van der Waals surface area contributed by atoms with Crippen molar-refractivity contribution in [2.45, 2.75) is 20.3 Å². The van der Waals surface area contributed by atoms with Crippen molar-refractivity contribution in [2.24, 2.45) is 0 Å². The Hall–Kier alpha value is -3.52. The fourth-order valence-corrected chi connectivity index (χ4v) is 3.64. The third-order valence-electron chi connectivity index (χ3n) is 5.37. The van der Waals surface area contributed by atoms with Gasteiger partial charge in [-0.3, -0.25) is 0 Å². The third-order valence-corrected chi connectivity index (χ3v) is 5.37. The molecule has 1 aromatic heterocycles. The number of aryl methyl sites for hydroxylation is 1. The molecule has 0 bridgehead atoms. The zero-order chi connectivity index (χ0) is 22.5. The molecular weight excluding hydrogens is 409 g/mol. The number of amides is 2. The molecular formula is C24H26FN5O2. The van der Waals surface area contributed by atoms with Gasteiger partial charge in [0, 0.05) is 41.3 Å². The molecule has 7 nitrogen and oxygen atoms in total. The lowest BCUT2D eigenvalue weighted by Crippen LogP contribution is -2.37. The Labute approximate surface area is 186 Å². The molecule has 2 N–H and O–H groups in total. The van der Waals surface area contributed by atoms with E-state index >= 15 is 0 Å². The van der Waals surface area contributed by atoms with Crippen molar-refractivity contribution < 1.29 is 13.9 Å². The Morgan fingerprint density at radius 2 is 1.59 bits per heavy atom.